The second-order valence-corrected chi connectivity index (χ2v) is 7.28. The summed E-state index contributed by atoms with van der Waals surface area (Å²) in [6, 6.07) is 2.56. The molecule has 106 valence electrons. The Kier molecular flexibility index (Phi) is 4.55. The van der Waals surface area contributed by atoms with E-state index in [2.05, 4.69) is 9.78 Å². The Morgan fingerprint density at radius 2 is 2.16 bits per heavy atom. The van der Waals surface area contributed by atoms with Crippen molar-refractivity contribution in [2.24, 2.45) is 0 Å². The molecule has 1 aliphatic rings. The van der Waals surface area contributed by atoms with Gasteiger partial charge in [-0.1, -0.05) is 19.3 Å². The van der Waals surface area contributed by atoms with E-state index in [-0.39, 0.29) is 0 Å². The zero-order chi connectivity index (χ0) is 13.9. The van der Waals surface area contributed by atoms with Crippen molar-refractivity contribution >= 4 is 17.7 Å². The number of hydrogen-bond donors (Lipinski definition) is 1. The van der Waals surface area contributed by atoms with E-state index in [4.69, 9.17) is 5.11 Å². The summed E-state index contributed by atoms with van der Waals surface area (Å²) in [6.45, 7) is 3.47. The lowest BCUT2D eigenvalue weighted by Crippen LogP contribution is -2.27. The average Bonchev–Trinajstić information content (AvgIpc) is 2.86. The molecule has 0 atom stereocenters. The molecule has 1 fully saturated rings. The van der Waals surface area contributed by atoms with Crippen molar-refractivity contribution in [2.75, 3.05) is 0 Å². The van der Waals surface area contributed by atoms with Gasteiger partial charge in [0.1, 0.15) is 4.75 Å². The first-order valence-corrected chi connectivity index (χ1v) is 7.89. The topological polar surface area (TPSA) is 55.1 Å². The summed E-state index contributed by atoms with van der Waals surface area (Å²) < 4.78 is 1.32. The number of carboxylic acids is 1. The Bertz CT molecular complexity index is 436. The van der Waals surface area contributed by atoms with Crippen molar-refractivity contribution in [3.05, 3.63) is 18.0 Å². The minimum absolute atomic E-state index is 0.542. The molecule has 1 aromatic heterocycles. The van der Waals surface area contributed by atoms with Gasteiger partial charge in [-0.25, -0.2) is 0 Å². The molecule has 2 rings (SSSR count). The molecular weight excluding hydrogens is 260 g/mol. The summed E-state index contributed by atoms with van der Waals surface area (Å²) in [5, 5.41) is 13.7. The van der Waals surface area contributed by atoms with Crippen molar-refractivity contribution in [3.63, 3.8) is 0 Å². The molecule has 1 N–H and O–H groups in total. The third kappa shape index (κ3) is 3.75. The Balaban J connectivity index is 1.92. The zero-order valence-corrected chi connectivity index (χ0v) is 12.4. The molecule has 4 nitrogen and oxygen atoms in total. The van der Waals surface area contributed by atoms with E-state index in [0.29, 0.717) is 11.8 Å². The molecule has 0 radical (unpaired) electrons. The van der Waals surface area contributed by atoms with Crippen LogP contribution in [0.5, 0.6) is 0 Å². The van der Waals surface area contributed by atoms with Gasteiger partial charge in [-0.3, -0.25) is 9.48 Å². The van der Waals surface area contributed by atoms with Crippen LogP contribution in [-0.2, 0) is 10.5 Å². The zero-order valence-electron chi connectivity index (χ0n) is 11.6. The smallest absolute Gasteiger partial charge is 0.319 e. The third-order valence-corrected chi connectivity index (χ3v) is 5.04. The lowest BCUT2D eigenvalue weighted by molar-refractivity contribution is -0.138. The van der Waals surface area contributed by atoms with Gasteiger partial charge in [-0.05, 0) is 32.8 Å². The van der Waals surface area contributed by atoms with Crippen molar-refractivity contribution in [1.29, 1.82) is 0 Å². The third-order valence-electron chi connectivity index (χ3n) is 3.71. The molecule has 19 heavy (non-hydrogen) atoms. The van der Waals surface area contributed by atoms with E-state index in [9.17, 15) is 4.79 Å². The highest BCUT2D eigenvalue weighted by Gasteiger charge is 2.28. The fraction of sp³-hybridized carbons (Fsp3) is 0.714. The Hall–Kier alpha value is -0.970. The van der Waals surface area contributed by atoms with Crippen LogP contribution in [0.25, 0.3) is 0 Å². The molecule has 0 saturated heterocycles. The van der Waals surface area contributed by atoms with E-state index < -0.39 is 10.7 Å². The number of aromatic nitrogens is 2. The predicted molar refractivity (Wildman–Crippen MR) is 77.4 cm³/mol. The number of carboxylic acid groups (broad SMARTS) is 1. The summed E-state index contributed by atoms with van der Waals surface area (Å²) in [6.07, 6.45) is 8.40. The van der Waals surface area contributed by atoms with E-state index in [1.165, 1.54) is 43.9 Å². The van der Waals surface area contributed by atoms with Crippen molar-refractivity contribution < 1.29 is 9.90 Å². The SMILES string of the molecule is CC(C)(SCc1ccn(C2CCCCC2)n1)C(=O)O. The Labute approximate surface area is 118 Å². The summed E-state index contributed by atoms with van der Waals surface area (Å²) >= 11 is 1.42. The second-order valence-electron chi connectivity index (χ2n) is 5.68. The maximum absolute atomic E-state index is 11.0. The van der Waals surface area contributed by atoms with Crippen molar-refractivity contribution in [3.8, 4) is 0 Å². The van der Waals surface area contributed by atoms with Crippen LogP contribution in [0.3, 0.4) is 0 Å². The van der Waals surface area contributed by atoms with Crippen LogP contribution in [0.4, 0.5) is 0 Å². The van der Waals surface area contributed by atoms with E-state index in [1.54, 1.807) is 13.8 Å². The molecule has 0 unspecified atom stereocenters. The van der Waals surface area contributed by atoms with Crippen LogP contribution in [0, 0.1) is 0 Å². The number of aliphatic carboxylic acids is 1. The highest BCUT2D eigenvalue weighted by molar-refractivity contribution is 8.00. The van der Waals surface area contributed by atoms with Crippen LogP contribution in [0.2, 0.25) is 0 Å². The molecule has 0 aliphatic heterocycles. The van der Waals surface area contributed by atoms with E-state index >= 15 is 0 Å². The second kappa shape index (κ2) is 5.99. The molecule has 1 aliphatic carbocycles. The number of nitrogens with zero attached hydrogens (tertiary/aromatic N) is 2. The molecular formula is C14H22N2O2S. The van der Waals surface area contributed by atoms with Crippen LogP contribution >= 0.6 is 11.8 Å². The molecule has 0 aromatic carbocycles. The van der Waals surface area contributed by atoms with Gasteiger partial charge in [-0.2, -0.15) is 5.10 Å². The standard InChI is InChI=1S/C14H22N2O2S/c1-14(2,13(17)18)19-10-11-8-9-16(15-11)12-6-4-3-5-7-12/h8-9,12H,3-7,10H2,1-2H3,(H,17,18). The first kappa shape index (κ1) is 14.4. The maximum atomic E-state index is 11.0. The largest absolute Gasteiger partial charge is 0.480 e. The molecule has 1 aromatic rings. The molecule has 0 amide bonds. The Morgan fingerprint density at radius 3 is 2.79 bits per heavy atom. The normalized spacial score (nSPS) is 17.6. The van der Waals surface area contributed by atoms with Crippen LogP contribution in [0.1, 0.15) is 57.7 Å². The van der Waals surface area contributed by atoms with Crippen LogP contribution < -0.4 is 0 Å². The Morgan fingerprint density at radius 1 is 1.47 bits per heavy atom. The van der Waals surface area contributed by atoms with Gasteiger partial charge in [0.2, 0.25) is 0 Å². The monoisotopic (exact) mass is 282 g/mol. The average molecular weight is 282 g/mol. The van der Waals surface area contributed by atoms with Crippen LogP contribution in [0.15, 0.2) is 12.3 Å². The summed E-state index contributed by atoms with van der Waals surface area (Å²) in [7, 11) is 0. The van der Waals surface area contributed by atoms with Gasteiger partial charge >= 0.3 is 5.97 Å². The van der Waals surface area contributed by atoms with E-state index in [1.807, 2.05) is 12.3 Å². The minimum atomic E-state index is -0.774. The van der Waals surface area contributed by atoms with Gasteiger partial charge in [-0.15, -0.1) is 11.8 Å². The summed E-state index contributed by atoms with van der Waals surface area (Å²) in [5.41, 5.74) is 0.977. The quantitative estimate of drug-likeness (QED) is 0.898. The first-order chi connectivity index (χ1) is 8.99. The molecule has 1 heterocycles. The molecule has 1 saturated carbocycles. The molecule has 0 spiro atoms. The van der Waals surface area contributed by atoms with Gasteiger partial charge in [0, 0.05) is 11.9 Å². The lowest BCUT2D eigenvalue weighted by atomic mass is 9.96. The van der Waals surface area contributed by atoms with Gasteiger partial charge in [0.15, 0.2) is 0 Å². The first-order valence-electron chi connectivity index (χ1n) is 6.90. The van der Waals surface area contributed by atoms with Crippen molar-refractivity contribution in [1.82, 2.24) is 9.78 Å². The fourth-order valence-corrected chi connectivity index (χ4v) is 3.11. The summed E-state index contributed by atoms with van der Waals surface area (Å²) in [5.74, 6) is -0.122. The highest BCUT2D eigenvalue weighted by Crippen LogP contribution is 2.30. The number of hydrogen-bond acceptors (Lipinski definition) is 3. The molecule has 5 heteroatoms. The number of thioether (sulfide) groups is 1. The highest BCUT2D eigenvalue weighted by atomic mass is 32.2. The van der Waals surface area contributed by atoms with Crippen molar-refractivity contribution in [2.45, 2.75) is 62.5 Å². The van der Waals surface area contributed by atoms with Gasteiger partial charge in [0.25, 0.3) is 0 Å². The minimum Gasteiger partial charge on any atom is -0.480 e. The summed E-state index contributed by atoms with van der Waals surface area (Å²) in [4.78, 5) is 11.0. The van der Waals surface area contributed by atoms with E-state index in [0.717, 1.165) is 5.69 Å². The van der Waals surface area contributed by atoms with Crippen LogP contribution in [-0.4, -0.2) is 25.6 Å². The lowest BCUT2D eigenvalue weighted by Gasteiger charge is -2.22. The van der Waals surface area contributed by atoms with Gasteiger partial charge < -0.3 is 5.11 Å². The van der Waals surface area contributed by atoms with Gasteiger partial charge in [0.05, 0.1) is 11.7 Å². The molecule has 0 bridgehead atoms. The number of rotatable bonds is 5. The number of carbonyl (C=O) groups is 1. The maximum Gasteiger partial charge on any atom is 0.319 e. The fourth-order valence-electron chi connectivity index (χ4n) is 2.32. The predicted octanol–water partition coefficient (Wildman–Crippen LogP) is 3.48.